The van der Waals surface area contributed by atoms with E-state index in [0.717, 1.165) is 48.2 Å². The Bertz CT molecular complexity index is 510. The molecule has 0 bridgehead atoms. The Labute approximate surface area is 114 Å². The van der Waals surface area contributed by atoms with E-state index in [-0.39, 0.29) is 5.56 Å². The average Bonchev–Trinajstić information content (AvgIpc) is 2.87. The number of aromatic nitrogens is 2. The summed E-state index contributed by atoms with van der Waals surface area (Å²) >= 11 is 0. The fraction of sp³-hybridized carbons (Fsp3) is 0.750. The molecule has 0 aliphatic heterocycles. The van der Waals surface area contributed by atoms with Gasteiger partial charge in [0.25, 0.3) is 5.56 Å². The molecular weight excluding hydrogens is 236 g/mol. The molecule has 2 aliphatic rings. The van der Waals surface area contributed by atoms with Crippen LogP contribution in [-0.2, 0) is 12.8 Å². The van der Waals surface area contributed by atoms with E-state index in [1.807, 2.05) is 0 Å². The molecule has 0 spiro atoms. The highest BCUT2D eigenvalue weighted by Crippen LogP contribution is 2.37. The Hall–Kier alpha value is -1.12. The summed E-state index contributed by atoms with van der Waals surface area (Å²) in [6, 6.07) is 0. The van der Waals surface area contributed by atoms with Crippen LogP contribution >= 0.6 is 0 Å². The second-order valence-corrected chi connectivity index (χ2v) is 6.59. The molecule has 2 aliphatic carbocycles. The van der Waals surface area contributed by atoms with Gasteiger partial charge in [0.2, 0.25) is 0 Å². The van der Waals surface area contributed by atoms with E-state index >= 15 is 0 Å². The molecule has 3 heteroatoms. The van der Waals surface area contributed by atoms with Crippen molar-refractivity contribution in [2.75, 3.05) is 0 Å². The van der Waals surface area contributed by atoms with Crippen molar-refractivity contribution in [1.29, 1.82) is 0 Å². The molecule has 1 aromatic rings. The zero-order chi connectivity index (χ0) is 13.4. The molecule has 0 radical (unpaired) electrons. The summed E-state index contributed by atoms with van der Waals surface area (Å²) in [5, 5.41) is 0. The molecule has 104 valence electrons. The van der Waals surface area contributed by atoms with E-state index in [2.05, 4.69) is 18.8 Å². The standard InChI is InChI=1S/C16H24N2O/c1-10(2)11-6-8-12(9-7-11)15-17-14-5-3-4-13(14)16(19)18-15/h10-12H,3-9H2,1-2H3,(H,17,18,19). The van der Waals surface area contributed by atoms with Gasteiger partial charge < -0.3 is 4.98 Å². The number of H-pyrrole nitrogens is 1. The lowest BCUT2D eigenvalue weighted by atomic mass is 9.76. The highest BCUT2D eigenvalue weighted by atomic mass is 16.1. The van der Waals surface area contributed by atoms with Gasteiger partial charge in [-0.3, -0.25) is 4.79 Å². The van der Waals surface area contributed by atoms with Crippen LogP contribution in [0, 0.1) is 11.8 Å². The average molecular weight is 260 g/mol. The van der Waals surface area contributed by atoms with Gasteiger partial charge in [-0.25, -0.2) is 4.98 Å². The monoisotopic (exact) mass is 260 g/mol. The lowest BCUT2D eigenvalue weighted by Crippen LogP contribution is -2.23. The number of rotatable bonds is 2. The van der Waals surface area contributed by atoms with E-state index in [9.17, 15) is 4.79 Å². The van der Waals surface area contributed by atoms with Crippen molar-refractivity contribution in [3.8, 4) is 0 Å². The van der Waals surface area contributed by atoms with Crippen molar-refractivity contribution in [2.24, 2.45) is 11.8 Å². The van der Waals surface area contributed by atoms with Crippen molar-refractivity contribution < 1.29 is 0 Å². The van der Waals surface area contributed by atoms with Gasteiger partial charge >= 0.3 is 0 Å². The summed E-state index contributed by atoms with van der Waals surface area (Å²) in [6.07, 6.45) is 7.93. The van der Waals surface area contributed by atoms with Gasteiger partial charge in [0.05, 0.1) is 5.69 Å². The van der Waals surface area contributed by atoms with Crippen LogP contribution in [0.25, 0.3) is 0 Å². The molecule has 0 amide bonds. The summed E-state index contributed by atoms with van der Waals surface area (Å²) in [7, 11) is 0. The predicted octanol–water partition coefficient (Wildman–Crippen LogP) is 3.19. The van der Waals surface area contributed by atoms with Gasteiger partial charge in [0.1, 0.15) is 5.82 Å². The third kappa shape index (κ3) is 2.47. The summed E-state index contributed by atoms with van der Waals surface area (Å²) in [6.45, 7) is 4.64. The molecule has 1 N–H and O–H groups in total. The van der Waals surface area contributed by atoms with E-state index in [0.29, 0.717) is 5.92 Å². The van der Waals surface area contributed by atoms with Gasteiger partial charge in [-0.2, -0.15) is 0 Å². The highest BCUT2D eigenvalue weighted by Gasteiger charge is 2.27. The van der Waals surface area contributed by atoms with Gasteiger partial charge in [0.15, 0.2) is 0 Å². The van der Waals surface area contributed by atoms with E-state index < -0.39 is 0 Å². The lowest BCUT2D eigenvalue weighted by molar-refractivity contribution is 0.254. The van der Waals surface area contributed by atoms with Gasteiger partial charge in [-0.05, 0) is 56.8 Å². The summed E-state index contributed by atoms with van der Waals surface area (Å²) in [4.78, 5) is 19.9. The predicted molar refractivity (Wildman–Crippen MR) is 76.4 cm³/mol. The fourth-order valence-electron chi connectivity index (χ4n) is 3.71. The number of nitrogens with zero attached hydrogens (tertiary/aromatic N) is 1. The van der Waals surface area contributed by atoms with E-state index in [4.69, 9.17) is 4.98 Å². The maximum absolute atomic E-state index is 12.1. The van der Waals surface area contributed by atoms with Crippen LogP contribution in [0.5, 0.6) is 0 Å². The molecule has 0 aromatic carbocycles. The van der Waals surface area contributed by atoms with Crippen molar-refractivity contribution in [2.45, 2.75) is 64.7 Å². The molecule has 0 unspecified atom stereocenters. The van der Waals surface area contributed by atoms with Crippen molar-refractivity contribution in [3.63, 3.8) is 0 Å². The maximum atomic E-state index is 12.1. The van der Waals surface area contributed by atoms with Crippen LogP contribution in [0.3, 0.4) is 0 Å². The first-order valence-corrected chi connectivity index (χ1v) is 7.77. The number of aryl methyl sites for hydroxylation is 1. The fourth-order valence-corrected chi connectivity index (χ4v) is 3.71. The number of aromatic amines is 1. The van der Waals surface area contributed by atoms with E-state index in [1.165, 1.54) is 25.7 Å². The first kappa shape index (κ1) is 12.9. The van der Waals surface area contributed by atoms with Crippen molar-refractivity contribution in [3.05, 3.63) is 27.4 Å². The van der Waals surface area contributed by atoms with Crippen LogP contribution in [0.1, 0.15) is 69.0 Å². The molecule has 1 fully saturated rings. The minimum atomic E-state index is 0.128. The molecule has 1 aromatic heterocycles. The van der Waals surface area contributed by atoms with Gasteiger partial charge in [0, 0.05) is 11.5 Å². The van der Waals surface area contributed by atoms with Crippen LogP contribution in [0.2, 0.25) is 0 Å². The molecule has 0 saturated heterocycles. The highest BCUT2D eigenvalue weighted by molar-refractivity contribution is 5.23. The Balaban J connectivity index is 1.77. The maximum Gasteiger partial charge on any atom is 0.254 e. The topological polar surface area (TPSA) is 45.8 Å². The van der Waals surface area contributed by atoms with Crippen LogP contribution in [-0.4, -0.2) is 9.97 Å². The molecule has 1 saturated carbocycles. The Morgan fingerprint density at radius 3 is 2.58 bits per heavy atom. The minimum absolute atomic E-state index is 0.128. The number of hydrogen-bond donors (Lipinski definition) is 1. The van der Waals surface area contributed by atoms with Crippen molar-refractivity contribution >= 4 is 0 Å². The molecular formula is C16H24N2O. The summed E-state index contributed by atoms with van der Waals surface area (Å²) in [5.41, 5.74) is 2.15. The molecule has 3 rings (SSSR count). The van der Waals surface area contributed by atoms with Crippen LogP contribution < -0.4 is 5.56 Å². The lowest BCUT2D eigenvalue weighted by Gasteiger charge is -2.30. The third-order valence-electron chi connectivity index (χ3n) is 5.06. The largest absolute Gasteiger partial charge is 0.310 e. The SMILES string of the molecule is CC(C)C1CCC(c2nc3c(c(=O)[nH]2)CCC3)CC1. The normalized spacial score (nSPS) is 26.7. The quantitative estimate of drug-likeness (QED) is 0.887. The molecule has 3 nitrogen and oxygen atoms in total. The van der Waals surface area contributed by atoms with Crippen LogP contribution in [0.15, 0.2) is 4.79 Å². The zero-order valence-electron chi connectivity index (χ0n) is 12.0. The minimum Gasteiger partial charge on any atom is -0.310 e. The Morgan fingerprint density at radius 1 is 1.16 bits per heavy atom. The molecule has 1 heterocycles. The summed E-state index contributed by atoms with van der Waals surface area (Å²) < 4.78 is 0. The van der Waals surface area contributed by atoms with E-state index in [1.54, 1.807) is 0 Å². The number of fused-ring (bicyclic) bond motifs is 1. The third-order valence-corrected chi connectivity index (χ3v) is 5.06. The molecule has 0 atom stereocenters. The smallest absolute Gasteiger partial charge is 0.254 e. The van der Waals surface area contributed by atoms with Gasteiger partial charge in [-0.15, -0.1) is 0 Å². The number of nitrogens with one attached hydrogen (secondary N) is 1. The molecule has 19 heavy (non-hydrogen) atoms. The van der Waals surface area contributed by atoms with Crippen molar-refractivity contribution in [1.82, 2.24) is 9.97 Å². The van der Waals surface area contributed by atoms with Gasteiger partial charge in [-0.1, -0.05) is 13.8 Å². The number of hydrogen-bond acceptors (Lipinski definition) is 2. The summed E-state index contributed by atoms with van der Waals surface area (Å²) in [5.74, 6) is 3.09. The zero-order valence-corrected chi connectivity index (χ0v) is 12.0. The van der Waals surface area contributed by atoms with Crippen LogP contribution in [0.4, 0.5) is 0 Å². The first-order chi connectivity index (χ1) is 9.15. The second kappa shape index (κ2) is 5.10. The first-order valence-electron chi connectivity index (χ1n) is 7.77. The Morgan fingerprint density at radius 2 is 1.89 bits per heavy atom. The Kier molecular flexibility index (Phi) is 3.46. The second-order valence-electron chi connectivity index (χ2n) is 6.59.